The number of hydrogen-bond donors (Lipinski definition) is 1. The normalized spacial score (nSPS) is 13.1. The highest BCUT2D eigenvalue weighted by molar-refractivity contribution is 7.12. The lowest BCUT2D eigenvalue weighted by atomic mass is 9.89. The zero-order valence-electron chi connectivity index (χ0n) is 13.2. The molecule has 1 rings (SSSR count). The van der Waals surface area contributed by atoms with Crippen molar-refractivity contribution < 1.29 is 0 Å². The molecule has 1 aromatic heterocycles. The molecule has 19 heavy (non-hydrogen) atoms. The van der Waals surface area contributed by atoms with Gasteiger partial charge in [-0.15, -0.1) is 11.3 Å². The third-order valence-electron chi connectivity index (χ3n) is 3.74. The van der Waals surface area contributed by atoms with E-state index in [1.165, 1.54) is 37.0 Å². The van der Waals surface area contributed by atoms with Crippen LogP contribution in [0.5, 0.6) is 0 Å². The Morgan fingerprint density at radius 2 is 1.68 bits per heavy atom. The standard InChI is InChI=1S/C17H31NS/c1-5-9-14(10-6-2)17(18-13-7-3)16-12-11-15(8-4)19-16/h11-12,14,17-18H,5-10,13H2,1-4H3. The molecule has 0 fully saturated rings. The molecule has 0 spiro atoms. The Balaban J connectivity index is 2.83. The molecule has 0 aromatic carbocycles. The second-order valence-corrected chi connectivity index (χ2v) is 6.63. The van der Waals surface area contributed by atoms with Gasteiger partial charge in [0.05, 0.1) is 0 Å². The number of rotatable bonds is 10. The minimum atomic E-state index is 0.574. The van der Waals surface area contributed by atoms with Crippen LogP contribution < -0.4 is 5.32 Å². The maximum absolute atomic E-state index is 3.80. The predicted molar refractivity (Wildman–Crippen MR) is 88.0 cm³/mol. The third-order valence-corrected chi connectivity index (χ3v) is 5.05. The first-order chi connectivity index (χ1) is 9.26. The summed E-state index contributed by atoms with van der Waals surface area (Å²) in [5.74, 6) is 0.796. The van der Waals surface area contributed by atoms with Crippen molar-refractivity contribution in [1.29, 1.82) is 0 Å². The molecule has 0 saturated carbocycles. The Bertz CT molecular complexity index is 326. The largest absolute Gasteiger partial charge is 0.309 e. The van der Waals surface area contributed by atoms with Gasteiger partial charge >= 0.3 is 0 Å². The molecule has 0 aliphatic carbocycles. The van der Waals surface area contributed by atoms with E-state index in [0.29, 0.717) is 6.04 Å². The lowest BCUT2D eigenvalue weighted by Gasteiger charge is -2.27. The van der Waals surface area contributed by atoms with Crippen molar-refractivity contribution in [3.05, 3.63) is 21.9 Å². The van der Waals surface area contributed by atoms with Crippen molar-refractivity contribution in [3.8, 4) is 0 Å². The molecule has 0 amide bonds. The van der Waals surface area contributed by atoms with Crippen LogP contribution in [-0.2, 0) is 6.42 Å². The fourth-order valence-corrected chi connectivity index (χ4v) is 3.89. The minimum absolute atomic E-state index is 0.574. The van der Waals surface area contributed by atoms with Gasteiger partial charge in [0.1, 0.15) is 0 Å². The summed E-state index contributed by atoms with van der Waals surface area (Å²) in [7, 11) is 0. The highest BCUT2D eigenvalue weighted by atomic mass is 32.1. The summed E-state index contributed by atoms with van der Waals surface area (Å²) in [5, 5.41) is 3.80. The monoisotopic (exact) mass is 281 g/mol. The van der Waals surface area contributed by atoms with Gasteiger partial charge in [-0.25, -0.2) is 0 Å². The molecule has 1 N–H and O–H groups in total. The average molecular weight is 282 g/mol. The van der Waals surface area contributed by atoms with Gasteiger partial charge in [0.15, 0.2) is 0 Å². The quantitative estimate of drug-likeness (QED) is 0.591. The fourth-order valence-electron chi connectivity index (χ4n) is 2.77. The van der Waals surface area contributed by atoms with Crippen LogP contribution in [-0.4, -0.2) is 6.54 Å². The van der Waals surface area contributed by atoms with Gasteiger partial charge in [-0.05, 0) is 50.3 Å². The SMILES string of the molecule is CCCNC(c1ccc(CC)s1)C(CCC)CCC. The molecule has 0 saturated heterocycles. The van der Waals surface area contributed by atoms with Crippen LogP contribution in [0.2, 0.25) is 0 Å². The van der Waals surface area contributed by atoms with Crippen LogP contribution in [0.3, 0.4) is 0 Å². The van der Waals surface area contributed by atoms with Crippen LogP contribution in [0.4, 0.5) is 0 Å². The van der Waals surface area contributed by atoms with Crippen LogP contribution >= 0.6 is 11.3 Å². The van der Waals surface area contributed by atoms with Gasteiger partial charge < -0.3 is 5.32 Å². The Hall–Kier alpha value is -0.340. The molecule has 1 aromatic rings. The van der Waals surface area contributed by atoms with Gasteiger partial charge in [0, 0.05) is 15.8 Å². The van der Waals surface area contributed by atoms with E-state index >= 15 is 0 Å². The molecule has 1 atom stereocenters. The number of nitrogens with one attached hydrogen (secondary N) is 1. The molecule has 1 nitrogen and oxygen atoms in total. The van der Waals surface area contributed by atoms with Crippen LogP contribution in [0, 0.1) is 5.92 Å². The zero-order chi connectivity index (χ0) is 14.1. The number of aryl methyl sites for hydroxylation is 1. The summed E-state index contributed by atoms with van der Waals surface area (Å²) < 4.78 is 0. The topological polar surface area (TPSA) is 12.0 Å². The highest BCUT2D eigenvalue weighted by Gasteiger charge is 2.22. The second kappa shape index (κ2) is 9.55. The van der Waals surface area contributed by atoms with Crippen molar-refractivity contribution >= 4 is 11.3 Å². The minimum Gasteiger partial charge on any atom is -0.309 e. The predicted octanol–water partition coefficient (Wildman–Crippen LogP) is 5.57. The first kappa shape index (κ1) is 16.7. The van der Waals surface area contributed by atoms with Crippen molar-refractivity contribution in [2.24, 2.45) is 5.92 Å². The summed E-state index contributed by atoms with van der Waals surface area (Å²) >= 11 is 2.01. The number of thiophene rings is 1. The van der Waals surface area contributed by atoms with E-state index in [4.69, 9.17) is 0 Å². The first-order valence-corrected chi connectivity index (χ1v) is 8.90. The van der Waals surface area contributed by atoms with Gasteiger partial charge in [0.25, 0.3) is 0 Å². The van der Waals surface area contributed by atoms with E-state index in [9.17, 15) is 0 Å². The molecular weight excluding hydrogens is 250 g/mol. The van der Waals surface area contributed by atoms with Crippen LogP contribution in [0.25, 0.3) is 0 Å². The van der Waals surface area contributed by atoms with E-state index in [1.54, 1.807) is 4.88 Å². The molecule has 0 bridgehead atoms. The molecule has 2 heteroatoms. The van der Waals surface area contributed by atoms with E-state index in [2.05, 4.69) is 45.1 Å². The van der Waals surface area contributed by atoms with Gasteiger partial charge in [-0.3, -0.25) is 0 Å². The van der Waals surface area contributed by atoms with E-state index < -0.39 is 0 Å². The maximum Gasteiger partial charge on any atom is 0.0443 e. The Morgan fingerprint density at radius 1 is 1.00 bits per heavy atom. The Morgan fingerprint density at radius 3 is 2.16 bits per heavy atom. The van der Waals surface area contributed by atoms with E-state index in [-0.39, 0.29) is 0 Å². The van der Waals surface area contributed by atoms with Crippen molar-refractivity contribution in [1.82, 2.24) is 5.32 Å². The summed E-state index contributed by atoms with van der Waals surface area (Å²) in [6, 6.07) is 5.25. The van der Waals surface area contributed by atoms with Crippen LogP contribution in [0.1, 0.15) is 75.6 Å². The molecule has 0 aliphatic rings. The molecule has 0 radical (unpaired) electrons. The highest BCUT2D eigenvalue weighted by Crippen LogP contribution is 2.34. The number of hydrogen-bond acceptors (Lipinski definition) is 2. The summed E-state index contributed by atoms with van der Waals surface area (Å²) in [5.41, 5.74) is 0. The lowest BCUT2D eigenvalue weighted by Crippen LogP contribution is -2.28. The van der Waals surface area contributed by atoms with Gasteiger partial charge in [0.2, 0.25) is 0 Å². The molecule has 1 heterocycles. The first-order valence-electron chi connectivity index (χ1n) is 8.08. The second-order valence-electron chi connectivity index (χ2n) is 5.43. The molecule has 0 aliphatic heterocycles. The fraction of sp³-hybridized carbons (Fsp3) is 0.765. The summed E-state index contributed by atoms with van der Waals surface area (Å²) in [4.78, 5) is 3.07. The lowest BCUT2D eigenvalue weighted by molar-refractivity contribution is 0.320. The molecule has 110 valence electrons. The van der Waals surface area contributed by atoms with Gasteiger partial charge in [-0.2, -0.15) is 0 Å². The van der Waals surface area contributed by atoms with E-state index in [1.807, 2.05) is 11.3 Å². The van der Waals surface area contributed by atoms with Crippen molar-refractivity contribution in [2.45, 2.75) is 72.3 Å². The Kier molecular flexibility index (Phi) is 8.40. The smallest absolute Gasteiger partial charge is 0.0443 e. The molecular formula is C17H31NS. The third kappa shape index (κ3) is 5.27. The van der Waals surface area contributed by atoms with Crippen molar-refractivity contribution in [3.63, 3.8) is 0 Å². The Labute approximate surface area is 123 Å². The zero-order valence-corrected chi connectivity index (χ0v) is 14.0. The van der Waals surface area contributed by atoms with Crippen LogP contribution in [0.15, 0.2) is 12.1 Å². The molecule has 1 unspecified atom stereocenters. The summed E-state index contributed by atoms with van der Waals surface area (Å²) in [6.45, 7) is 10.3. The van der Waals surface area contributed by atoms with E-state index in [0.717, 1.165) is 18.9 Å². The van der Waals surface area contributed by atoms with Crippen molar-refractivity contribution in [2.75, 3.05) is 6.54 Å². The van der Waals surface area contributed by atoms with Gasteiger partial charge in [-0.1, -0.05) is 40.5 Å². The maximum atomic E-state index is 3.80. The summed E-state index contributed by atoms with van der Waals surface area (Å²) in [6.07, 6.45) is 7.65. The average Bonchev–Trinajstić information content (AvgIpc) is 2.88.